The maximum absolute atomic E-state index is 5.45. The number of hydrogen-bond donors (Lipinski definition) is 2. The van der Waals surface area contributed by atoms with Crippen LogP contribution in [0.15, 0.2) is 5.38 Å². The molecule has 90 valence electrons. The molecule has 1 fully saturated rings. The summed E-state index contributed by atoms with van der Waals surface area (Å²) in [6.07, 6.45) is 0. The van der Waals surface area contributed by atoms with E-state index in [1.165, 1.54) is 0 Å². The Kier molecular flexibility index (Phi) is 4.29. The van der Waals surface area contributed by atoms with Gasteiger partial charge in [-0.05, 0) is 14.0 Å². The summed E-state index contributed by atoms with van der Waals surface area (Å²) in [5.41, 5.74) is 1.14. The van der Waals surface area contributed by atoms with E-state index in [1.807, 2.05) is 14.0 Å². The van der Waals surface area contributed by atoms with Crippen LogP contribution in [0.2, 0.25) is 0 Å². The lowest BCUT2D eigenvalue weighted by Crippen LogP contribution is -2.38. The lowest BCUT2D eigenvalue weighted by Gasteiger charge is -2.16. The summed E-state index contributed by atoms with van der Waals surface area (Å²) in [6.45, 7) is 5.57. The molecule has 1 aromatic heterocycles. The molecule has 0 amide bonds. The van der Waals surface area contributed by atoms with Crippen molar-refractivity contribution in [2.75, 3.05) is 26.8 Å². The van der Waals surface area contributed by atoms with Crippen molar-refractivity contribution in [3.8, 4) is 0 Å². The van der Waals surface area contributed by atoms with E-state index < -0.39 is 0 Å². The first-order valence-corrected chi connectivity index (χ1v) is 6.54. The van der Waals surface area contributed by atoms with Crippen LogP contribution in [-0.2, 0) is 11.3 Å². The number of aromatic nitrogens is 1. The number of aryl methyl sites for hydroxylation is 1. The molecule has 2 heterocycles. The van der Waals surface area contributed by atoms with E-state index in [4.69, 9.17) is 4.74 Å². The molecule has 2 rings (SSSR count). The molecule has 0 aliphatic carbocycles. The van der Waals surface area contributed by atoms with Crippen molar-refractivity contribution in [1.82, 2.24) is 15.6 Å². The molecule has 4 nitrogen and oxygen atoms in total. The second-order valence-corrected chi connectivity index (χ2v) is 5.24. The van der Waals surface area contributed by atoms with Gasteiger partial charge in [-0.2, -0.15) is 0 Å². The fraction of sp³-hybridized carbons (Fsp3) is 0.727. The van der Waals surface area contributed by atoms with Gasteiger partial charge in [-0.3, -0.25) is 0 Å². The summed E-state index contributed by atoms with van der Waals surface area (Å²) >= 11 is 1.70. The number of ether oxygens (including phenoxy) is 1. The Balaban J connectivity index is 1.71. The number of hydrogen-bond acceptors (Lipinski definition) is 5. The minimum Gasteiger partial charge on any atom is -0.379 e. The van der Waals surface area contributed by atoms with Crippen molar-refractivity contribution in [2.24, 2.45) is 5.92 Å². The molecule has 0 radical (unpaired) electrons. The molecule has 5 heteroatoms. The number of rotatable bonds is 5. The SMILES string of the molecule is CNC1COCC1CNCc1csc(C)n1. The van der Waals surface area contributed by atoms with Gasteiger partial charge in [0.25, 0.3) is 0 Å². The predicted octanol–water partition coefficient (Wildman–Crippen LogP) is 0.776. The maximum Gasteiger partial charge on any atom is 0.0897 e. The van der Waals surface area contributed by atoms with Crippen LogP contribution >= 0.6 is 11.3 Å². The Morgan fingerprint density at radius 2 is 2.44 bits per heavy atom. The van der Waals surface area contributed by atoms with Crippen molar-refractivity contribution in [3.05, 3.63) is 16.1 Å². The fourth-order valence-electron chi connectivity index (χ4n) is 1.99. The number of likely N-dealkylation sites (N-methyl/N-ethyl adjacent to an activating group) is 1. The Labute approximate surface area is 100 Å². The van der Waals surface area contributed by atoms with Gasteiger partial charge in [-0.25, -0.2) is 4.98 Å². The summed E-state index contributed by atoms with van der Waals surface area (Å²) in [7, 11) is 2.00. The summed E-state index contributed by atoms with van der Waals surface area (Å²) in [5, 5.41) is 9.98. The zero-order valence-corrected chi connectivity index (χ0v) is 10.6. The van der Waals surface area contributed by atoms with Gasteiger partial charge in [0.1, 0.15) is 0 Å². The highest BCUT2D eigenvalue weighted by molar-refractivity contribution is 7.09. The first kappa shape index (κ1) is 12.0. The highest BCUT2D eigenvalue weighted by Gasteiger charge is 2.26. The van der Waals surface area contributed by atoms with Crippen LogP contribution in [-0.4, -0.2) is 37.8 Å². The van der Waals surface area contributed by atoms with Gasteiger partial charge in [0, 0.05) is 30.4 Å². The van der Waals surface area contributed by atoms with Gasteiger partial charge in [-0.15, -0.1) is 11.3 Å². The van der Waals surface area contributed by atoms with Crippen molar-refractivity contribution >= 4 is 11.3 Å². The van der Waals surface area contributed by atoms with E-state index in [0.717, 1.165) is 37.0 Å². The van der Waals surface area contributed by atoms with Gasteiger partial charge in [0.05, 0.1) is 23.9 Å². The third-order valence-corrected chi connectivity index (χ3v) is 3.77. The minimum absolute atomic E-state index is 0.490. The van der Waals surface area contributed by atoms with Gasteiger partial charge in [0.2, 0.25) is 0 Å². The average molecular weight is 241 g/mol. The molecular weight excluding hydrogens is 222 g/mol. The molecule has 1 saturated heterocycles. The van der Waals surface area contributed by atoms with E-state index in [9.17, 15) is 0 Å². The van der Waals surface area contributed by atoms with Crippen molar-refractivity contribution in [3.63, 3.8) is 0 Å². The molecule has 2 unspecified atom stereocenters. The van der Waals surface area contributed by atoms with E-state index in [0.29, 0.717) is 12.0 Å². The lowest BCUT2D eigenvalue weighted by atomic mass is 10.0. The average Bonchev–Trinajstić information content (AvgIpc) is 2.87. The van der Waals surface area contributed by atoms with E-state index >= 15 is 0 Å². The first-order valence-electron chi connectivity index (χ1n) is 5.66. The van der Waals surface area contributed by atoms with Crippen molar-refractivity contribution in [2.45, 2.75) is 19.5 Å². The maximum atomic E-state index is 5.45. The molecule has 0 aromatic carbocycles. The number of nitrogens with zero attached hydrogens (tertiary/aromatic N) is 1. The molecule has 16 heavy (non-hydrogen) atoms. The molecule has 2 N–H and O–H groups in total. The Bertz CT molecular complexity index is 329. The highest BCUT2D eigenvalue weighted by atomic mass is 32.1. The smallest absolute Gasteiger partial charge is 0.0897 e. The third-order valence-electron chi connectivity index (χ3n) is 2.95. The van der Waals surface area contributed by atoms with E-state index in [-0.39, 0.29) is 0 Å². The monoisotopic (exact) mass is 241 g/mol. The lowest BCUT2D eigenvalue weighted by molar-refractivity contribution is 0.182. The summed E-state index contributed by atoms with van der Waals surface area (Å²) < 4.78 is 5.45. The van der Waals surface area contributed by atoms with Gasteiger partial charge < -0.3 is 15.4 Å². The van der Waals surface area contributed by atoms with Gasteiger partial charge >= 0.3 is 0 Å². The van der Waals surface area contributed by atoms with Crippen LogP contribution in [0.1, 0.15) is 10.7 Å². The van der Waals surface area contributed by atoms with Gasteiger partial charge in [0.15, 0.2) is 0 Å². The topological polar surface area (TPSA) is 46.2 Å². The van der Waals surface area contributed by atoms with E-state index in [2.05, 4.69) is 21.0 Å². The Morgan fingerprint density at radius 3 is 3.12 bits per heavy atom. The molecule has 1 aromatic rings. The van der Waals surface area contributed by atoms with Gasteiger partial charge in [-0.1, -0.05) is 0 Å². The Hall–Kier alpha value is -0.490. The first-order chi connectivity index (χ1) is 7.79. The van der Waals surface area contributed by atoms with E-state index in [1.54, 1.807) is 11.3 Å². The van der Waals surface area contributed by atoms with Crippen LogP contribution in [0.3, 0.4) is 0 Å². The number of thiazole rings is 1. The highest BCUT2D eigenvalue weighted by Crippen LogP contribution is 2.12. The minimum atomic E-state index is 0.490. The van der Waals surface area contributed by atoms with Crippen LogP contribution in [0, 0.1) is 12.8 Å². The standard InChI is InChI=1S/C11H19N3OS/c1-8-14-10(7-16-8)4-13-3-9-5-15-6-11(9)12-2/h7,9,11-13H,3-6H2,1-2H3. The predicted molar refractivity (Wildman–Crippen MR) is 65.7 cm³/mol. The molecule has 0 spiro atoms. The molecule has 1 aliphatic heterocycles. The Morgan fingerprint density at radius 1 is 1.56 bits per heavy atom. The number of nitrogens with one attached hydrogen (secondary N) is 2. The zero-order valence-electron chi connectivity index (χ0n) is 9.82. The molecular formula is C11H19N3OS. The summed E-state index contributed by atoms with van der Waals surface area (Å²) in [4.78, 5) is 4.42. The van der Waals surface area contributed by atoms with Crippen LogP contribution in [0.5, 0.6) is 0 Å². The summed E-state index contributed by atoms with van der Waals surface area (Å²) in [5.74, 6) is 0.574. The normalized spacial score (nSPS) is 25.1. The van der Waals surface area contributed by atoms with Crippen molar-refractivity contribution in [1.29, 1.82) is 0 Å². The van der Waals surface area contributed by atoms with Crippen LogP contribution in [0.25, 0.3) is 0 Å². The second kappa shape index (κ2) is 5.72. The molecule has 1 aliphatic rings. The third kappa shape index (κ3) is 3.01. The second-order valence-electron chi connectivity index (χ2n) is 4.18. The largest absolute Gasteiger partial charge is 0.379 e. The molecule has 0 bridgehead atoms. The fourth-order valence-corrected chi connectivity index (χ4v) is 2.61. The van der Waals surface area contributed by atoms with Crippen LogP contribution in [0.4, 0.5) is 0 Å². The molecule has 2 atom stereocenters. The quantitative estimate of drug-likeness (QED) is 0.799. The zero-order chi connectivity index (χ0) is 11.4. The van der Waals surface area contributed by atoms with Crippen LogP contribution < -0.4 is 10.6 Å². The molecule has 0 saturated carbocycles. The van der Waals surface area contributed by atoms with Crippen molar-refractivity contribution < 1.29 is 4.74 Å². The summed E-state index contributed by atoms with van der Waals surface area (Å²) in [6, 6.07) is 0.490.